The van der Waals surface area contributed by atoms with Gasteiger partial charge >= 0.3 is 0 Å². The second kappa shape index (κ2) is 19.3. The molecule has 3 aromatic rings. The fraction of sp³-hybridized carbons (Fsp3) is 0.500. The minimum Gasteiger partial charge on any atom is -0.371 e. The van der Waals surface area contributed by atoms with Crippen LogP contribution in [0, 0.1) is 19.8 Å². The van der Waals surface area contributed by atoms with Crippen LogP contribution in [0.5, 0.6) is 0 Å². The van der Waals surface area contributed by atoms with E-state index in [9.17, 15) is 0 Å². The zero-order valence-corrected chi connectivity index (χ0v) is 26.1. The molecule has 1 aliphatic heterocycles. The Morgan fingerprint density at radius 3 is 1.97 bits per heavy atom. The van der Waals surface area contributed by atoms with E-state index >= 15 is 0 Å². The zero-order chi connectivity index (χ0) is 28.3. The highest BCUT2D eigenvalue weighted by Crippen LogP contribution is 2.28. The van der Waals surface area contributed by atoms with E-state index in [2.05, 4.69) is 117 Å². The van der Waals surface area contributed by atoms with Crippen molar-refractivity contribution in [2.75, 3.05) is 29.4 Å². The highest BCUT2D eigenvalue weighted by atomic mass is 15.1. The Balaban J connectivity index is 0.000000338. The number of para-hydroxylation sites is 1. The Bertz CT molecular complexity index is 976. The van der Waals surface area contributed by atoms with Gasteiger partial charge in [-0.05, 0) is 74.9 Å². The fourth-order valence-electron chi connectivity index (χ4n) is 4.65. The van der Waals surface area contributed by atoms with Crippen molar-refractivity contribution >= 4 is 17.1 Å². The van der Waals surface area contributed by atoms with E-state index in [1.165, 1.54) is 73.4 Å². The van der Waals surface area contributed by atoms with Crippen LogP contribution >= 0.6 is 0 Å². The molecule has 2 nitrogen and oxygen atoms in total. The molecule has 38 heavy (non-hydrogen) atoms. The highest BCUT2D eigenvalue weighted by Gasteiger charge is 2.15. The smallest absolute Gasteiger partial charge is 0.0410 e. The van der Waals surface area contributed by atoms with E-state index in [4.69, 9.17) is 0 Å². The number of aryl methyl sites for hydroxylation is 3. The van der Waals surface area contributed by atoms with Gasteiger partial charge in [0.2, 0.25) is 0 Å². The molecule has 0 fully saturated rings. The molecule has 210 valence electrons. The second-order valence-electron chi connectivity index (χ2n) is 10.1. The van der Waals surface area contributed by atoms with Crippen molar-refractivity contribution in [3.8, 4) is 0 Å². The van der Waals surface area contributed by atoms with Gasteiger partial charge in [0.1, 0.15) is 0 Å². The van der Waals surface area contributed by atoms with Crippen molar-refractivity contribution in [2.24, 2.45) is 5.92 Å². The second-order valence-corrected chi connectivity index (χ2v) is 10.1. The van der Waals surface area contributed by atoms with Crippen LogP contribution in [0.3, 0.4) is 0 Å². The molecule has 1 aliphatic rings. The fourth-order valence-corrected chi connectivity index (χ4v) is 4.65. The van der Waals surface area contributed by atoms with Crippen molar-refractivity contribution in [1.29, 1.82) is 0 Å². The molecule has 0 saturated carbocycles. The minimum absolute atomic E-state index is 0.631. The van der Waals surface area contributed by atoms with Gasteiger partial charge in [-0.3, -0.25) is 0 Å². The van der Waals surface area contributed by atoms with E-state index in [0.717, 1.165) is 6.54 Å². The Kier molecular flexibility index (Phi) is 16.9. The lowest BCUT2D eigenvalue weighted by atomic mass is 9.99. The molecule has 3 aromatic carbocycles. The first-order valence-electron chi connectivity index (χ1n) is 15.2. The number of hydrogen-bond donors (Lipinski definition) is 0. The molecular weight excluding hydrogens is 460 g/mol. The molecule has 0 aromatic heterocycles. The highest BCUT2D eigenvalue weighted by molar-refractivity contribution is 5.63. The molecule has 0 atom stereocenters. The SMILES string of the molecule is CC.CC.CCCCCN1CCCc2cc(C)ccc21.Cc1ccc(N(CC(C)C)c2ccccc2)cc1. The topological polar surface area (TPSA) is 6.48 Å². The Labute approximate surface area is 236 Å². The minimum atomic E-state index is 0.631. The van der Waals surface area contributed by atoms with Gasteiger partial charge in [0.05, 0.1) is 0 Å². The molecule has 0 aliphatic carbocycles. The quantitative estimate of drug-likeness (QED) is 0.275. The van der Waals surface area contributed by atoms with Crippen LogP contribution in [0.2, 0.25) is 0 Å². The number of hydrogen-bond acceptors (Lipinski definition) is 2. The van der Waals surface area contributed by atoms with Crippen LogP contribution in [0.1, 0.15) is 90.8 Å². The molecule has 4 rings (SSSR count). The molecule has 0 amide bonds. The first-order chi connectivity index (χ1) is 18.5. The van der Waals surface area contributed by atoms with E-state index in [0.29, 0.717) is 5.92 Å². The number of fused-ring (bicyclic) bond motifs is 1. The summed E-state index contributed by atoms with van der Waals surface area (Å²) in [5, 5.41) is 0. The van der Waals surface area contributed by atoms with E-state index in [1.807, 2.05) is 27.7 Å². The molecular formula is C36H56N2. The molecule has 0 unspecified atom stereocenters. The summed E-state index contributed by atoms with van der Waals surface area (Å²) >= 11 is 0. The molecule has 0 spiro atoms. The predicted molar refractivity (Wildman–Crippen MR) is 173 cm³/mol. The number of nitrogens with zero attached hydrogens (tertiary/aromatic N) is 2. The largest absolute Gasteiger partial charge is 0.371 e. The summed E-state index contributed by atoms with van der Waals surface area (Å²) in [6.07, 6.45) is 6.60. The average Bonchev–Trinajstić information content (AvgIpc) is 2.95. The van der Waals surface area contributed by atoms with Gasteiger partial charge in [0.25, 0.3) is 0 Å². The summed E-state index contributed by atoms with van der Waals surface area (Å²) in [7, 11) is 0. The van der Waals surface area contributed by atoms with Crippen LogP contribution in [0.15, 0.2) is 72.8 Å². The molecule has 0 N–H and O–H groups in total. The van der Waals surface area contributed by atoms with Gasteiger partial charge in [-0.2, -0.15) is 0 Å². The lowest BCUT2D eigenvalue weighted by molar-refractivity contribution is 0.638. The summed E-state index contributed by atoms with van der Waals surface area (Å²) in [6, 6.07) is 26.3. The third-order valence-corrected chi connectivity index (χ3v) is 6.44. The maximum atomic E-state index is 2.58. The molecule has 0 saturated heterocycles. The predicted octanol–water partition coefficient (Wildman–Crippen LogP) is 10.8. The number of anilines is 3. The number of unbranched alkanes of at least 4 members (excludes halogenated alkanes) is 2. The van der Waals surface area contributed by atoms with E-state index in [-0.39, 0.29) is 0 Å². The van der Waals surface area contributed by atoms with Crippen LogP contribution in [-0.2, 0) is 6.42 Å². The van der Waals surface area contributed by atoms with Crippen LogP contribution < -0.4 is 9.80 Å². The Hall–Kier alpha value is -2.74. The molecule has 0 radical (unpaired) electrons. The lowest BCUT2D eigenvalue weighted by Crippen LogP contribution is -2.30. The molecule has 1 heterocycles. The maximum Gasteiger partial charge on any atom is 0.0410 e. The van der Waals surface area contributed by atoms with E-state index < -0.39 is 0 Å². The Morgan fingerprint density at radius 2 is 1.37 bits per heavy atom. The first kappa shape index (κ1) is 33.3. The summed E-state index contributed by atoms with van der Waals surface area (Å²) in [6.45, 7) is 22.6. The lowest BCUT2D eigenvalue weighted by Gasteiger charge is -2.31. The summed E-state index contributed by atoms with van der Waals surface area (Å²) in [5.41, 5.74) is 8.27. The zero-order valence-electron chi connectivity index (χ0n) is 26.1. The third kappa shape index (κ3) is 11.3. The summed E-state index contributed by atoms with van der Waals surface area (Å²) in [4.78, 5) is 4.96. The van der Waals surface area contributed by atoms with Gasteiger partial charge in [0.15, 0.2) is 0 Å². The normalized spacial score (nSPS) is 11.7. The van der Waals surface area contributed by atoms with Gasteiger partial charge in [0, 0.05) is 36.7 Å². The first-order valence-corrected chi connectivity index (χ1v) is 15.2. The van der Waals surface area contributed by atoms with Crippen LogP contribution in [-0.4, -0.2) is 19.6 Å². The van der Waals surface area contributed by atoms with Gasteiger partial charge < -0.3 is 9.80 Å². The Morgan fingerprint density at radius 1 is 0.763 bits per heavy atom. The number of rotatable bonds is 8. The monoisotopic (exact) mass is 516 g/mol. The average molecular weight is 517 g/mol. The van der Waals surface area contributed by atoms with Crippen LogP contribution in [0.25, 0.3) is 0 Å². The van der Waals surface area contributed by atoms with Gasteiger partial charge in [-0.25, -0.2) is 0 Å². The summed E-state index contributed by atoms with van der Waals surface area (Å²) in [5.74, 6) is 0.631. The van der Waals surface area contributed by atoms with Gasteiger partial charge in [-0.1, -0.05) is 115 Å². The van der Waals surface area contributed by atoms with Gasteiger partial charge in [-0.15, -0.1) is 0 Å². The van der Waals surface area contributed by atoms with Crippen molar-refractivity contribution in [1.82, 2.24) is 0 Å². The molecule has 2 heteroatoms. The van der Waals surface area contributed by atoms with Crippen molar-refractivity contribution < 1.29 is 0 Å². The number of benzene rings is 3. The van der Waals surface area contributed by atoms with Crippen molar-refractivity contribution in [3.63, 3.8) is 0 Å². The third-order valence-electron chi connectivity index (χ3n) is 6.44. The standard InChI is InChI=1S/C17H21N.C15H23N.2C2H6/c1-14(2)13-18(16-7-5-4-6-8-16)17-11-9-15(3)10-12-17;1-3-4-5-10-16-11-6-7-14-12-13(2)8-9-15(14)16;2*1-2/h4-12,14H,13H2,1-3H3;8-9,12H,3-7,10-11H2,1-2H3;2*1-2H3. The van der Waals surface area contributed by atoms with Crippen molar-refractivity contribution in [2.45, 2.75) is 94.4 Å². The maximum absolute atomic E-state index is 2.58. The van der Waals surface area contributed by atoms with Crippen molar-refractivity contribution in [3.05, 3.63) is 89.5 Å². The van der Waals surface area contributed by atoms with E-state index in [1.54, 1.807) is 5.56 Å². The van der Waals surface area contributed by atoms with Crippen LogP contribution in [0.4, 0.5) is 17.1 Å². The summed E-state index contributed by atoms with van der Waals surface area (Å²) < 4.78 is 0. The molecule has 0 bridgehead atoms.